The SMILES string of the molecule is [2H]N(C([2H])([2H])[2H])S(=O)(=O)Cc1ccc2c(c1)c(CC([2H])([2H])N(C([2H])([2H])[2H])C([2H])([2H])[2H])cn2[2H]. The molecule has 0 aliphatic rings. The molecule has 0 radical (unpaired) electrons. The van der Waals surface area contributed by atoms with E-state index in [0.29, 0.717) is 0 Å². The summed E-state index contributed by atoms with van der Waals surface area (Å²) in [5, 5.41) is 0.142. The Labute approximate surface area is 138 Å². The van der Waals surface area contributed by atoms with E-state index in [9.17, 15) is 8.42 Å². The van der Waals surface area contributed by atoms with Crippen molar-refractivity contribution in [3.8, 4) is 0 Å². The molecule has 0 saturated carbocycles. The number of nitrogens with zero attached hydrogens (tertiary/aromatic N) is 1. The summed E-state index contributed by atoms with van der Waals surface area (Å²) in [7, 11) is -4.58. The summed E-state index contributed by atoms with van der Waals surface area (Å²) in [6.45, 7) is -12.7. The van der Waals surface area contributed by atoms with Crippen LogP contribution in [-0.2, 0) is 22.2 Å². The van der Waals surface area contributed by atoms with E-state index >= 15 is 0 Å². The van der Waals surface area contributed by atoms with Gasteiger partial charge in [-0.3, -0.25) is 0 Å². The minimum atomic E-state index is -4.58. The largest absolute Gasteiger partial charge is 0.361 e. The molecule has 2 rings (SSSR count). The van der Waals surface area contributed by atoms with Crippen LogP contribution < -0.4 is 4.72 Å². The molecule has 2 N–H and O–H groups in total. The summed E-state index contributed by atoms with van der Waals surface area (Å²) in [5.41, 5.74) is 0.247. The second-order valence-corrected chi connectivity index (χ2v) is 5.76. The zero-order chi connectivity index (χ0) is 25.8. The van der Waals surface area contributed by atoms with Crippen LogP contribution in [0.5, 0.6) is 0 Å². The summed E-state index contributed by atoms with van der Waals surface area (Å²) >= 11 is 0. The van der Waals surface area contributed by atoms with Gasteiger partial charge in [0.05, 0.1) is 5.75 Å². The Bertz CT molecular complexity index is 1100. The molecule has 5 nitrogen and oxygen atoms in total. The minimum absolute atomic E-state index is 0.0283. The average Bonchev–Trinajstić information content (AvgIpc) is 2.84. The van der Waals surface area contributed by atoms with Crippen molar-refractivity contribution in [1.82, 2.24) is 14.6 Å². The van der Waals surface area contributed by atoms with Gasteiger partial charge < -0.3 is 9.88 Å². The highest BCUT2D eigenvalue weighted by atomic mass is 32.2. The van der Waals surface area contributed by atoms with E-state index in [-0.39, 0.29) is 26.9 Å². The fraction of sp³-hybridized carbons (Fsp3) is 0.429. The Morgan fingerprint density at radius 2 is 2.40 bits per heavy atom. The first-order valence-electron chi connectivity index (χ1n) is 11.9. The smallest absolute Gasteiger partial charge is 0.215 e. The molecule has 0 aliphatic carbocycles. The number of nitrogens with one attached hydrogen (secondary N) is 2. The van der Waals surface area contributed by atoms with E-state index in [1.54, 1.807) is 0 Å². The van der Waals surface area contributed by atoms with Crippen molar-refractivity contribution in [3.63, 3.8) is 0 Å². The van der Waals surface area contributed by atoms with Gasteiger partial charge in [0.25, 0.3) is 0 Å². The predicted molar refractivity (Wildman–Crippen MR) is 82.2 cm³/mol. The standard InChI is InChI=1S/C14H21N3O2S/c1-15-20(18,19)10-11-4-5-14-13(8-11)12(9-16-14)6-7-17(2)3/h4-5,8-9,15-16H,6-7,10H2,1-3H3/i1D3,2D3,3D3,7D2/hD2. The third-order valence-electron chi connectivity index (χ3n) is 2.68. The lowest BCUT2D eigenvalue weighted by Crippen LogP contribution is -2.20. The molecule has 1 aromatic heterocycles. The van der Waals surface area contributed by atoms with Gasteiger partial charge in [0.2, 0.25) is 10.0 Å². The van der Waals surface area contributed by atoms with Gasteiger partial charge in [-0.05, 0) is 50.6 Å². The maximum atomic E-state index is 12.3. The highest BCUT2D eigenvalue weighted by molar-refractivity contribution is 7.88. The van der Waals surface area contributed by atoms with Gasteiger partial charge >= 0.3 is 0 Å². The zero-order valence-electron chi connectivity index (χ0n) is 23.3. The molecule has 0 amide bonds. The highest BCUT2D eigenvalue weighted by Crippen LogP contribution is 2.21. The second kappa shape index (κ2) is 5.95. The van der Waals surface area contributed by atoms with Crippen molar-refractivity contribution < 1.29 is 26.3 Å². The van der Waals surface area contributed by atoms with E-state index in [0.717, 1.165) is 11.2 Å². The molecule has 1 aromatic carbocycles. The van der Waals surface area contributed by atoms with Crippen LogP contribution in [0.25, 0.3) is 10.9 Å². The van der Waals surface area contributed by atoms with Gasteiger partial charge in [0.1, 0.15) is 1.41 Å². The van der Waals surface area contributed by atoms with Crippen molar-refractivity contribution in [2.45, 2.75) is 12.2 Å². The number of hydrogen-bond acceptors (Lipinski definition) is 3. The van der Waals surface area contributed by atoms with E-state index in [4.69, 9.17) is 17.9 Å². The van der Waals surface area contributed by atoms with E-state index < -0.39 is 54.3 Å². The van der Waals surface area contributed by atoms with E-state index in [1.165, 1.54) is 18.2 Å². The summed E-state index contributed by atoms with van der Waals surface area (Å²) < 4.78 is 122. The van der Waals surface area contributed by atoms with Crippen molar-refractivity contribution in [1.29, 1.82) is 0 Å². The molecule has 0 spiro atoms. The van der Waals surface area contributed by atoms with Crippen LogP contribution in [0, 0.1) is 0 Å². The van der Waals surface area contributed by atoms with Crippen LogP contribution in [0.3, 0.4) is 0 Å². The number of benzene rings is 1. The van der Waals surface area contributed by atoms with Crippen molar-refractivity contribution in [3.05, 3.63) is 35.5 Å². The van der Waals surface area contributed by atoms with Crippen molar-refractivity contribution in [2.24, 2.45) is 0 Å². The number of fused-ring (bicyclic) bond motifs is 1. The van der Waals surface area contributed by atoms with E-state index in [2.05, 4.69) is 0 Å². The maximum absolute atomic E-state index is 12.3. The Kier molecular flexibility index (Phi) is 1.62. The molecule has 20 heavy (non-hydrogen) atoms. The number of hydrogen-bond donors (Lipinski definition) is 2. The zero-order valence-corrected chi connectivity index (χ0v) is 11.1. The fourth-order valence-corrected chi connectivity index (χ4v) is 2.47. The number of H-pyrrole nitrogens is 1. The van der Waals surface area contributed by atoms with Crippen LogP contribution in [0.15, 0.2) is 24.4 Å². The molecule has 0 unspecified atom stereocenters. The quantitative estimate of drug-likeness (QED) is 0.846. The van der Waals surface area contributed by atoms with Crippen LogP contribution >= 0.6 is 0 Å². The van der Waals surface area contributed by atoms with Crippen LogP contribution in [0.4, 0.5) is 0 Å². The lowest BCUT2D eigenvalue weighted by atomic mass is 10.1. The topological polar surface area (TPSA) is 65.2 Å². The lowest BCUT2D eigenvalue weighted by Gasteiger charge is -2.08. The Morgan fingerprint density at radius 1 is 1.55 bits per heavy atom. The number of sulfonamides is 1. The number of likely N-dealkylation sites (N-methyl/N-ethyl adjacent to an activating group) is 1. The molecule has 0 saturated heterocycles. The molecule has 110 valence electrons. The van der Waals surface area contributed by atoms with Gasteiger partial charge in [-0.25, -0.2) is 13.1 Å². The number of aryl methyl sites for hydroxylation is 1. The van der Waals surface area contributed by atoms with E-state index in [1.807, 2.05) is 0 Å². The second-order valence-electron chi connectivity index (χ2n) is 4.12. The van der Waals surface area contributed by atoms with Gasteiger partial charge in [0, 0.05) is 38.7 Å². The summed E-state index contributed by atoms with van der Waals surface area (Å²) in [6.07, 6.45) is 0.374. The molecule has 0 aliphatic heterocycles. The number of rotatable bonds is 6. The van der Waals surface area contributed by atoms with Crippen molar-refractivity contribution >= 4 is 20.9 Å². The Morgan fingerprint density at radius 3 is 3.15 bits per heavy atom. The van der Waals surface area contributed by atoms with Crippen LogP contribution in [-0.4, -0.2) is 45.7 Å². The molecule has 6 heteroatoms. The molecule has 2 aromatic rings. The predicted octanol–water partition coefficient (Wildman–Crippen LogP) is 1.32. The lowest BCUT2D eigenvalue weighted by molar-refractivity contribution is 0.414. The minimum Gasteiger partial charge on any atom is -0.361 e. The Balaban J connectivity index is 2.51. The fourth-order valence-electron chi connectivity index (χ4n) is 1.81. The molecule has 0 atom stereocenters. The molecule has 0 bridgehead atoms. The van der Waals surface area contributed by atoms with Gasteiger partial charge in [-0.2, -0.15) is 0 Å². The molecule has 0 fully saturated rings. The average molecular weight is 308 g/mol. The van der Waals surface area contributed by atoms with Gasteiger partial charge in [-0.15, -0.1) is 0 Å². The highest BCUT2D eigenvalue weighted by Gasteiger charge is 2.11. The number of aromatic nitrogens is 1. The van der Waals surface area contributed by atoms with Gasteiger partial charge in [0.15, 0.2) is 1.41 Å². The molecular formula is C14H21N3O2S. The third-order valence-corrected chi connectivity index (χ3v) is 3.66. The monoisotopic (exact) mass is 308 g/mol. The van der Waals surface area contributed by atoms with Crippen LogP contribution in [0.1, 0.15) is 26.2 Å². The van der Waals surface area contributed by atoms with Crippen LogP contribution in [0.2, 0.25) is 2.82 Å². The van der Waals surface area contributed by atoms with Gasteiger partial charge in [-0.1, -0.05) is 6.07 Å². The van der Waals surface area contributed by atoms with Crippen molar-refractivity contribution in [2.75, 3.05) is 27.4 Å². The number of aromatic amines is 1. The summed E-state index contributed by atoms with van der Waals surface area (Å²) in [4.78, 5) is 0.607. The maximum Gasteiger partial charge on any atom is 0.215 e. The first-order valence-corrected chi connectivity index (χ1v) is 7.13. The summed E-state index contributed by atoms with van der Waals surface area (Å²) in [5.74, 6) is -0.878. The normalized spacial score (nSPS) is 24.8. The molecular weight excluding hydrogens is 274 g/mol. The summed E-state index contributed by atoms with van der Waals surface area (Å²) in [6, 6.07) is 3.85. The first-order chi connectivity index (χ1) is 14.6. The Hall–Kier alpha value is -1.37. The third kappa shape index (κ3) is 3.59. The first kappa shape index (κ1) is 5.44. The molecule has 1 heterocycles.